The number of benzene rings is 4. The lowest BCUT2D eigenvalue weighted by atomic mass is 9.95. The van der Waals surface area contributed by atoms with Crippen LogP contribution in [0.1, 0.15) is 35.2 Å². The maximum atomic E-state index is 13.7. The Bertz CT molecular complexity index is 1880. The van der Waals surface area contributed by atoms with Crippen molar-refractivity contribution in [1.82, 2.24) is 4.98 Å². The highest BCUT2D eigenvalue weighted by Crippen LogP contribution is 2.46. The minimum atomic E-state index is -0.971. The number of methoxy groups -OCH3 is 1. The van der Waals surface area contributed by atoms with Crippen molar-refractivity contribution in [3.8, 4) is 17.2 Å². The third-order valence-corrected chi connectivity index (χ3v) is 8.38. The molecule has 1 aliphatic rings. The number of Topliss-reactive ketones (excluding diaryl/α,β-unsaturated/α-hetero) is 1. The van der Waals surface area contributed by atoms with Gasteiger partial charge in [-0.05, 0) is 79.1 Å². The highest BCUT2D eigenvalue weighted by Gasteiger charge is 2.48. The van der Waals surface area contributed by atoms with Crippen LogP contribution >= 0.6 is 11.3 Å². The fourth-order valence-corrected chi connectivity index (χ4v) is 6.28. The molecular formula is C35H30N2O6S. The third kappa shape index (κ3) is 5.49. The quantitative estimate of drug-likeness (QED) is 0.107. The van der Waals surface area contributed by atoms with Crippen LogP contribution in [0, 0.1) is 6.92 Å². The van der Waals surface area contributed by atoms with Gasteiger partial charge in [-0.1, -0.05) is 53.8 Å². The molecule has 1 aliphatic heterocycles. The molecule has 0 saturated carbocycles. The molecule has 1 N–H and O–H groups in total. The summed E-state index contributed by atoms with van der Waals surface area (Å²) < 4.78 is 18.2. The molecule has 1 amide bonds. The van der Waals surface area contributed by atoms with Crippen molar-refractivity contribution in [3.05, 3.63) is 119 Å². The molecule has 4 aromatic carbocycles. The topological polar surface area (TPSA) is 98.2 Å². The van der Waals surface area contributed by atoms with Crippen LogP contribution in [0.15, 0.2) is 96.6 Å². The summed E-state index contributed by atoms with van der Waals surface area (Å²) in [7, 11) is 1.54. The molecule has 0 radical (unpaired) electrons. The van der Waals surface area contributed by atoms with Crippen LogP contribution in [-0.4, -0.2) is 35.5 Å². The highest BCUT2D eigenvalue weighted by molar-refractivity contribution is 7.22. The van der Waals surface area contributed by atoms with E-state index in [0.717, 1.165) is 15.8 Å². The number of aryl methyl sites for hydroxylation is 1. The number of rotatable bonds is 9. The summed E-state index contributed by atoms with van der Waals surface area (Å²) >= 11 is 1.32. The van der Waals surface area contributed by atoms with E-state index in [0.29, 0.717) is 52.2 Å². The number of fused-ring (bicyclic) bond motifs is 1. The first-order valence-electron chi connectivity index (χ1n) is 14.1. The summed E-state index contributed by atoms with van der Waals surface area (Å²) in [5, 5.41) is 11.9. The van der Waals surface area contributed by atoms with Gasteiger partial charge in [0.2, 0.25) is 0 Å². The van der Waals surface area contributed by atoms with Gasteiger partial charge in [-0.3, -0.25) is 14.5 Å². The van der Waals surface area contributed by atoms with Crippen molar-refractivity contribution in [2.75, 3.05) is 18.6 Å². The van der Waals surface area contributed by atoms with Gasteiger partial charge < -0.3 is 19.3 Å². The van der Waals surface area contributed by atoms with E-state index in [1.807, 2.05) is 62.4 Å². The number of ether oxygens (including phenoxy) is 3. The molecule has 1 unspecified atom stereocenters. The molecule has 1 fully saturated rings. The number of carbonyl (C=O) groups is 2. The normalized spacial score (nSPS) is 16.0. The van der Waals surface area contributed by atoms with Gasteiger partial charge in [-0.2, -0.15) is 0 Å². The molecule has 44 heavy (non-hydrogen) atoms. The van der Waals surface area contributed by atoms with Gasteiger partial charge in [0.05, 0.1) is 35.5 Å². The minimum Gasteiger partial charge on any atom is -0.507 e. The zero-order chi connectivity index (χ0) is 30.8. The number of nitrogens with zero attached hydrogens (tertiary/aromatic N) is 2. The summed E-state index contributed by atoms with van der Waals surface area (Å²) in [6, 6.07) is 26.6. The van der Waals surface area contributed by atoms with Crippen molar-refractivity contribution in [1.29, 1.82) is 0 Å². The lowest BCUT2D eigenvalue weighted by Crippen LogP contribution is -2.29. The minimum absolute atomic E-state index is 0.0454. The zero-order valence-electron chi connectivity index (χ0n) is 24.4. The fourth-order valence-electron chi connectivity index (χ4n) is 5.19. The Morgan fingerprint density at radius 2 is 1.70 bits per heavy atom. The number of amides is 1. The van der Waals surface area contributed by atoms with E-state index < -0.39 is 17.7 Å². The summed E-state index contributed by atoms with van der Waals surface area (Å²) in [5.74, 6) is -0.309. The monoisotopic (exact) mass is 606 g/mol. The van der Waals surface area contributed by atoms with Gasteiger partial charge in [0.15, 0.2) is 16.6 Å². The van der Waals surface area contributed by atoms with E-state index in [9.17, 15) is 14.7 Å². The van der Waals surface area contributed by atoms with Crippen LogP contribution in [0.3, 0.4) is 0 Å². The molecule has 9 heteroatoms. The lowest BCUT2D eigenvalue weighted by molar-refractivity contribution is -0.132. The molecule has 0 aliphatic carbocycles. The second kappa shape index (κ2) is 12.2. The first-order valence-corrected chi connectivity index (χ1v) is 15.0. The fraction of sp³-hybridized carbons (Fsp3) is 0.171. The van der Waals surface area contributed by atoms with Gasteiger partial charge >= 0.3 is 5.91 Å². The van der Waals surface area contributed by atoms with E-state index in [1.165, 1.54) is 16.2 Å². The third-order valence-electron chi connectivity index (χ3n) is 7.37. The van der Waals surface area contributed by atoms with Gasteiger partial charge in [-0.15, -0.1) is 0 Å². The van der Waals surface area contributed by atoms with E-state index in [2.05, 4.69) is 0 Å². The van der Waals surface area contributed by atoms with Gasteiger partial charge in [-0.25, -0.2) is 4.98 Å². The first kappa shape index (κ1) is 28.9. The number of hydrogen-bond donors (Lipinski definition) is 1. The Hall–Kier alpha value is -5.15. The number of aromatic nitrogens is 1. The lowest BCUT2D eigenvalue weighted by Gasteiger charge is -2.24. The number of thiazole rings is 1. The smallest absolute Gasteiger partial charge is 0.301 e. The van der Waals surface area contributed by atoms with E-state index in [4.69, 9.17) is 19.2 Å². The summed E-state index contributed by atoms with van der Waals surface area (Å²) in [5.41, 5.74) is 3.66. The van der Waals surface area contributed by atoms with E-state index in [1.54, 1.807) is 49.6 Å². The molecule has 0 spiro atoms. The predicted molar refractivity (Wildman–Crippen MR) is 171 cm³/mol. The van der Waals surface area contributed by atoms with Crippen LogP contribution < -0.4 is 19.1 Å². The Morgan fingerprint density at radius 3 is 2.43 bits per heavy atom. The predicted octanol–water partition coefficient (Wildman–Crippen LogP) is 7.22. The van der Waals surface area contributed by atoms with Crippen LogP contribution in [0.25, 0.3) is 16.0 Å². The average molecular weight is 607 g/mol. The van der Waals surface area contributed by atoms with Gasteiger partial charge in [0.25, 0.3) is 5.78 Å². The summed E-state index contributed by atoms with van der Waals surface area (Å²) in [6.45, 7) is 4.55. The number of aliphatic hydroxyl groups excluding tert-OH is 1. The SMILES string of the molecule is CCOc1cc(C2/C(=C(\O)c3ccc(OC)cc3)C(=O)C(=O)N2c2nc3ccc(C)cc3s2)ccc1OCc1ccccc1. The Morgan fingerprint density at radius 1 is 0.932 bits per heavy atom. The van der Waals surface area contributed by atoms with E-state index >= 15 is 0 Å². The second-order valence-electron chi connectivity index (χ2n) is 10.3. The Labute approximate surface area is 258 Å². The Balaban J connectivity index is 1.48. The molecule has 1 aromatic heterocycles. The van der Waals surface area contributed by atoms with Crippen LogP contribution in [0.2, 0.25) is 0 Å². The van der Waals surface area contributed by atoms with Crippen molar-refractivity contribution in [3.63, 3.8) is 0 Å². The van der Waals surface area contributed by atoms with Crippen molar-refractivity contribution in [2.45, 2.75) is 26.5 Å². The summed E-state index contributed by atoms with van der Waals surface area (Å²) in [4.78, 5) is 33.5. The Kier molecular flexibility index (Phi) is 8.04. The number of carbonyl (C=O) groups excluding carboxylic acids is 2. The van der Waals surface area contributed by atoms with Crippen LogP contribution in [-0.2, 0) is 16.2 Å². The highest BCUT2D eigenvalue weighted by atomic mass is 32.1. The zero-order valence-corrected chi connectivity index (χ0v) is 25.3. The standard InChI is InChI=1S/C35H30N2O6S/c1-4-42-28-19-24(13-17-27(28)43-20-22-8-6-5-7-9-22)31-30(32(38)23-11-14-25(41-3)15-12-23)33(39)34(40)37(31)35-36-26-16-10-21(2)18-29(26)44-35/h5-19,31,38H,4,20H2,1-3H3/b32-30+. The maximum Gasteiger partial charge on any atom is 0.301 e. The molecule has 6 rings (SSSR count). The number of hydrogen-bond acceptors (Lipinski definition) is 8. The molecule has 8 nitrogen and oxygen atoms in total. The molecule has 1 saturated heterocycles. The molecule has 1 atom stereocenters. The molecule has 2 heterocycles. The van der Waals surface area contributed by atoms with Crippen LogP contribution in [0.5, 0.6) is 17.2 Å². The first-order chi connectivity index (χ1) is 21.4. The van der Waals surface area contributed by atoms with E-state index in [-0.39, 0.29) is 11.3 Å². The number of ketones is 1. The number of aliphatic hydroxyl groups is 1. The molecule has 0 bridgehead atoms. The van der Waals surface area contributed by atoms with Crippen molar-refractivity contribution >= 4 is 44.1 Å². The molecular weight excluding hydrogens is 576 g/mol. The largest absolute Gasteiger partial charge is 0.507 e. The van der Waals surface area contributed by atoms with Gasteiger partial charge in [0.1, 0.15) is 18.1 Å². The van der Waals surface area contributed by atoms with Crippen molar-refractivity contribution in [2.24, 2.45) is 0 Å². The maximum absolute atomic E-state index is 13.7. The summed E-state index contributed by atoms with van der Waals surface area (Å²) in [6.07, 6.45) is 0. The molecule has 5 aromatic rings. The molecule has 222 valence electrons. The van der Waals surface area contributed by atoms with Gasteiger partial charge in [0, 0.05) is 5.56 Å². The van der Waals surface area contributed by atoms with Crippen molar-refractivity contribution < 1.29 is 28.9 Å². The van der Waals surface area contributed by atoms with Crippen LogP contribution in [0.4, 0.5) is 5.13 Å². The average Bonchev–Trinajstić information content (AvgIpc) is 3.57. The number of anilines is 1. The second-order valence-corrected chi connectivity index (χ2v) is 11.3.